The monoisotopic (exact) mass is 300 g/mol. The predicted octanol–water partition coefficient (Wildman–Crippen LogP) is 3.78. The number of carbonyl (C=O) groups is 1. The molecule has 0 unspecified atom stereocenters. The number of hydrogen-bond donors (Lipinski definition) is 0. The molecule has 112 valence electrons. The van der Waals surface area contributed by atoms with Gasteiger partial charge in [-0.05, 0) is 24.6 Å². The smallest absolute Gasteiger partial charge is 0.364 e. The van der Waals surface area contributed by atoms with Gasteiger partial charge in [0, 0.05) is 5.56 Å². The van der Waals surface area contributed by atoms with Crippen LogP contribution in [-0.2, 0) is 10.9 Å². The van der Waals surface area contributed by atoms with Crippen molar-refractivity contribution in [2.45, 2.75) is 19.3 Å². The molecule has 1 rings (SSSR count). The Morgan fingerprint density at radius 2 is 1.75 bits per heavy atom. The van der Waals surface area contributed by atoms with Gasteiger partial charge in [0.05, 0.1) is 5.56 Å². The topological polar surface area (TPSA) is 26.3 Å². The molecule has 0 aliphatic rings. The fourth-order valence-electron chi connectivity index (χ4n) is 1.49. The van der Waals surface area contributed by atoms with Crippen LogP contribution in [-0.4, -0.2) is 25.2 Å². The third kappa shape index (κ3) is 4.84. The Bertz CT molecular complexity index is 490. The highest BCUT2D eigenvalue weighted by molar-refractivity contribution is 5.98. The Morgan fingerprint density at radius 3 is 2.20 bits per heavy atom. The summed E-state index contributed by atoms with van der Waals surface area (Å²) in [5.74, 6) is -0.805. The summed E-state index contributed by atoms with van der Waals surface area (Å²) in [6.07, 6.45) is -9.10. The summed E-state index contributed by atoms with van der Waals surface area (Å²) >= 11 is 0. The highest BCUT2D eigenvalue weighted by Gasteiger charge is 2.31. The highest BCUT2D eigenvalue weighted by Crippen LogP contribution is 2.30. The third-order valence-electron chi connectivity index (χ3n) is 2.35. The third-order valence-corrected chi connectivity index (χ3v) is 2.35. The van der Waals surface area contributed by atoms with Crippen LogP contribution in [0.2, 0.25) is 0 Å². The van der Waals surface area contributed by atoms with E-state index in [4.69, 9.17) is 0 Å². The van der Waals surface area contributed by atoms with E-state index < -0.39 is 36.9 Å². The fraction of sp³-hybridized carbons (Fsp3) is 0.417. The van der Waals surface area contributed by atoms with E-state index in [2.05, 4.69) is 4.74 Å². The number of Topliss-reactive ketones (excluding diaryl/α,β-unsaturated/α-hetero) is 1. The van der Waals surface area contributed by atoms with Crippen molar-refractivity contribution in [1.82, 2.24) is 0 Å². The van der Waals surface area contributed by atoms with Crippen LogP contribution in [0.3, 0.4) is 0 Å². The lowest BCUT2D eigenvalue weighted by Crippen LogP contribution is -2.21. The van der Waals surface area contributed by atoms with Crippen LogP contribution in [0.15, 0.2) is 18.2 Å². The van der Waals surface area contributed by atoms with Crippen molar-refractivity contribution < 1.29 is 35.9 Å². The number of rotatable bonds is 4. The minimum absolute atomic E-state index is 0.0282. The zero-order valence-corrected chi connectivity index (χ0v) is 10.2. The van der Waals surface area contributed by atoms with Crippen molar-refractivity contribution in [2.75, 3.05) is 13.2 Å². The van der Waals surface area contributed by atoms with E-state index in [1.165, 1.54) is 6.92 Å². The molecule has 0 aliphatic heterocycles. The molecule has 0 aliphatic carbocycles. The molecule has 0 bridgehead atoms. The van der Waals surface area contributed by atoms with Gasteiger partial charge in [-0.15, -0.1) is 0 Å². The van der Waals surface area contributed by atoms with Crippen LogP contribution in [0.4, 0.5) is 26.3 Å². The SMILES string of the molecule is Cc1cc(C(F)(F)F)ccc1C(=O)COCC(F)(F)F. The maximum Gasteiger partial charge on any atom is 0.416 e. The normalized spacial score (nSPS) is 12.6. The van der Waals surface area contributed by atoms with E-state index in [-0.39, 0.29) is 11.1 Å². The van der Waals surface area contributed by atoms with Gasteiger partial charge in [0.2, 0.25) is 0 Å². The second kappa shape index (κ2) is 5.82. The zero-order valence-electron chi connectivity index (χ0n) is 10.2. The van der Waals surface area contributed by atoms with Gasteiger partial charge in [-0.3, -0.25) is 4.79 Å². The summed E-state index contributed by atoms with van der Waals surface area (Å²) in [7, 11) is 0. The van der Waals surface area contributed by atoms with Crippen LogP contribution >= 0.6 is 0 Å². The number of aryl methyl sites for hydroxylation is 1. The Balaban J connectivity index is 2.75. The Kier molecular flexibility index (Phi) is 4.80. The second-order valence-corrected chi connectivity index (χ2v) is 4.06. The number of ether oxygens (including phenoxy) is 1. The predicted molar refractivity (Wildman–Crippen MR) is 57.4 cm³/mol. The molecular formula is C12H10F6O2. The van der Waals surface area contributed by atoms with Crippen molar-refractivity contribution in [1.29, 1.82) is 0 Å². The average molecular weight is 300 g/mol. The zero-order chi connectivity index (χ0) is 15.6. The number of halogens is 6. The van der Waals surface area contributed by atoms with Crippen molar-refractivity contribution in [2.24, 2.45) is 0 Å². The first-order valence-electron chi connectivity index (χ1n) is 5.36. The van der Waals surface area contributed by atoms with Gasteiger partial charge >= 0.3 is 12.4 Å². The van der Waals surface area contributed by atoms with Crippen molar-refractivity contribution in [3.8, 4) is 0 Å². The molecule has 0 saturated carbocycles. The van der Waals surface area contributed by atoms with E-state index >= 15 is 0 Å². The second-order valence-electron chi connectivity index (χ2n) is 4.06. The molecule has 8 heteroatoms. The molecule has 0 amide bonds. The molecular weight excluding hydrogens is 290 g/mol. The molecule has 0 aromatic heterocycles. The lowest BCUT2D eigenvalue weighted by atomic mass is 10.0. The summed E-state index contributed by atoms with van der Waals surface area (Å²) < 4.78 is 76.8. The van der Waals surface area contributed by atoms with E-state index in [0.29, 0.717) is 6.07 Å². The van der Waals surface area contributed by atoms with Crippen LogP contribution in [0.5, 0.6) is 0 Å². The van der Waals surface area contributed by atoms with Gasteiger partial charge < -0.3 is 4.74 Å². The summed E-state index contributed by atoms with van der Waals surface area (Å²) in [4.78, 5) is 11.5. The molecule has 0 atom stereocenters. The molecule has 0 radical (unpaired) electrons. The average Bonchev–Trinajstić information content (AvgIpc) is 2.25. The number of hydrogen-bond acceptors (Lipinski definition) is 2. The molecule has 0 N–H and O–H groups in total. The Hall–Kier alpha value is -1.57. The molecule has 0 spiro atoms. The van der Waals surface area contributed by atoms with E-state index in [1.54, 1.807) is 0 Å². The van der Waals surface area contributed by atoms with E-state index in [0.717, 1.165) is 12.1 Å². The van der Waals surface area contributed by atoms with Gasteiger partial charge in [0.1, 0.15) is 13.2 Å². The fourth-order valence-corrected chi connectivity index (χ4v) is 1.49. The van der Waals surface area contributed by atoms with Crippen molar-refractivity contribution >= 4 is 5.78 Å². The van der Waals surface area contributed by atoms with Gasteiger partial charge in [-0.2, -0.15) is 26.3 Å². The molecule has 2 nitrogen and oxygen atoms in total. The molecule has 0 heterocycles. The van der Waals surface area contributed by atoms with Gasteiger partial charge in [-0.1, -0.05) is 6.07 Å². The molecule has 1 aromatic rings. The lowest BCUT2D eigenvalue weighted by Gasteiger charge is -2.11. The minimum Gasteiger partial charge on any atom is -0.364 e. The Labute approximate surface area is 110 Å². The number of benzene rings is 1. The summed E-state index contributed by atoms with van der Waals surface area (Å²) in [5.41, 5.74) is -0.997. The highest BCUT2D eigenvalue weighted by atomic mass is 19.4. The first kappa shape index (κ1) is 16.5. The standard InChI is InChI=1S/C12H10F6O2/c1-7-4-8(12(16,17)18)2-3-9(7)10(19)5-20-6-11(13,14)15/h2-4H,5-6H2,1H3. The summed E-state index contributed by atoms with van der Waals surface area (Å²) in [5, 5.41) is 0. The van der Waals surface area contributed by atoms with Crippen LogP contribution in [0.1, 0.15) is 21.5 Å². The Morgan fingerprint density at radius 1 is 1.15 bits per heavy atom. The molecule has 1 aromatic carbocycles. The quantitative estimate of drug-likeness (QED) is 0.625. The van der Waals surface area contributed by atoms with Crippen LogP contribution < -0.4 is 0 Å². The van der Waals surface area contributed by atoms with E-state index in [1.807, 2.05) is 0 Å². The van der Waals surface area contributed by atoms with Gasteiger partial charge in [0.15, 0.2) is 5.78 Å². The van der Waals surface area contributed by atoms with Crippen LogP contribution in [0, 0.1) is 6.92 Å². The van der Waals surface area contributed by atoms with Crippen molar-refractivity contribution in [3.05, 3.63) is 34.9 Å². The molecule has 0 fully saturated rings. The maximum absolute atomic E-state index is 12.4. The first-order chi connectivity index (χ1) is 9.00. The van der Waals surface area contributed by atoms with E-state index in [9.17, 15) is 31.1 Å². The number of carbonyl (C=O) groups excluding carboxylic acids is 1. The summed E-state index contributed by atoms with van der Waals surface area (Å²) in [6, 6.07) is 2.39. The number of ketones is 1. The molecule has 0 saturated heterocycles. The summed E-state index contributed by atoms with van der Waals surface area (Å²) in [6.45, 7) is -1.16. The minimum atomic E-state index is -4.56. The first-order valence-corrected chi connectivity index (χ1v) is 5.36. The lowest BCUT2D eigenvalue weighted by molar-refractivity contribution is -0.170. The molecule has 20 heavy (non-hydrogen) atoms. The van der Waals surface area contributed by atoms with Crippen molar-refractivity contribution in [3.63, 3.8) is 0 Å². The van der Waals surface area contributed by atoms with Crippen LogP contribution in [0.25, 0.3) is 0 Å². The van der Waals surface area contributed by atoms with Gasteiger partial charge in [-0.25, -0.2) is 0 Å². The largest absolute Gasteiger partial charge is 0.416 e. The number of alkyl halides is 6. The van der Waals surface area contributed by atoms with Gasteiger partial charge in [0.25, 0.3) is 0 Å². The maximum atomic E-state index is 12.4.